The maximum atomic E-state index is 14.9. The number of amides is 1. The Hall–Kier alpha value is -5.15. The van der Waals surface area contributed by atoms with Crippen molar-refractivity contribution in [2.24, 2.45) is 0 Å². The SMILES string of the molecule is C=CC(=O)Nc1cc(Nc2ncc(C#N)c(-c3cn(C4CC4)c4cc(OC)c(F)cc34)n2)c(OC)cc1N(C)CCN(C)C. The van der Waals surface area contributed by atoms with Gasteiger partial charge in [-0.1, -0.05) is 6.58 Å². The van der Waals surface area contributed by atoms with Crippen LogP contribution < -0.4 is 25.0 Å². The molecule has 0 radical (unpaired) electrons. The van der Waals surface area contributed by atoms with Gasteiger partial charge in [-0.15, -0.1) is 0 Å². The lowest BCUT2D eigenvalue weighted by Gasteiger charge is -2.26. The number of nitriles is 1. The Labute approximate surface area is 255 Å². The average Bonchev–Trinajstić information content (AvgIpc) is 3.80. The molecule has 0 bridgehead atoms. The topological polar surface area (TPSA) is 121 Å². The Balaban J connectivity index is 1.58. The van der Waals surface area contributed by atoms with Gasteiger partial charge in [0, 0.05) is 55.5 Å². The predicted molar refractivity (Wildman–Crippen MR) is 169 cm³/mol. The van der Waals surface area contributed by atoms with Gasteiger partial charge in [0.05, 0.1) is 54.3 Å². The van der Waals surface area contributed by atoms with E-state index in [4.69, 9.17) is 14.5 Å². The summed E-state index contributed by atoms with van der Waals surface area (Å²) in [6.07, 6.45) is 6.56. The number of nitrogens with one attached hydrogen (secondary N) is 2. The number of anilines is 4. The highest BCUT2D eigenvalue weighted by molar-refractivity contribution is 6.02. The number of hydrogen-bond donors (Lipinski definition) is 2. The zero-order chi connectivity index (χ0) is 31.5. The number of aromatic nitrogens is 3. The van der Waals surface area contributed by atoms with E-state index in [9.17, 15) is 14.4 Å². The van der Waals surface area contributed by atoms with Crippen LogP contribution in [0.1, 0.15) is 24.4 Å². The number of rotatable bonds is 12. The first kappa shape index (κ1) is 30.3. The lowest BCUT2D eigenvalue weighted by Crippen LogP contribution is -2.29. The maximum absolute atomic E-state index is 14.9. The van der Waals surface area contributed by atoms with Crippen molar-refractivity contribution < 1.29 is 18.7 Å². The van der Waals surface area contributed by atoms with Crippen LogP contribution in [0, 0.1) is 17.1 Å². The Bertz CT molecular complexity index is 1770. The molecule has 1 aliphatic carbocycles. The van der Waals surface area contributed by atoms with E-state index in [-0.39, 0.29) is 29.2 Å². The van der Waals surface area contributed by atoms with Gasteiger partial charge in [0.1, 0.15) is 11.8 Å². The van der Waals surface area contributed by atoms with Crippen molar-refractivity contribution in [2.75, 3.05) is 64.0 Å². The molecule has 2 aromatic carbocycles. The fourth-order valence-corrected chi connectivity index (χ4v) is 5.01. The second kappa shape index (κ2) is 12.6. The second-order valence-corrected chi connectivity index (χ2v) is 10.9. The van der Waals surface area contributed by atoms with Gasteiger partial charge in [-0.3, -0.25) is 4.79 Å². The highest BCUT2D eigenvalue weighted by Crippen LogP contribution is 2.43. The van der Waals surface area contributed by atoms with E-state index >= 15 is 0 Å². The zero-order valence-electron chi connectivity index (χ0n) is 25.4. The summed E-state index contributed by atoms with van der Waals surface area (Å²) in [7, 11) is 8.90. The van der Waals surface area contributed by atoms with Crippen molar-refractivity contribution in [3.05, 3.63) is 60.7 Å². The molecule has 228 valence electrons. The molecule has 1 aliphatic rings. The summed E-state index contributed by atoms with van der Waals surface area (Å²) in [5.74, 6) is -0.0427. The molecular formula is C32H35FN8O3. The molecule has 11 nitrogen and oxygen atoms in total. The fourth-order valence-electron chi connectivity index (χ4n) is 5.01. The van der Waals surface area contributed by atoms with Crippen molar-refractivity contribution in [3.63, 3.8) is 0 Å². The van der Waals surface area contributed by atoms with Gasteiger partial charge in [-0.25, -0.2) is 14.4 Å². The summed E-state index contributed by atoms with van der Waals surface area (Å²) in [6.45, 7) is 5.06. The van der Waals surface area contributed by atoms with E-state index in [2.05, 4.69) is 37.7 Å². The molecule has 0 atom stereocenters. The highest BCUT2D eigenvalue weighted by atomic mass is 19.1. The van der Waals surface area contributed by atoms with Crippen LogP contribution in [-0.4, -0.2) is 73.8 Å². The standard InChI is InChI=1S/C32H35FN8O3/c1-7-30(42)36-24-13-25(29(44-6)15-27(24)40(4)11-10-39(2)3)37-32-35-17-19(16-34)31(38-32)22-18-41(20-8-9-20)26-14-28(43-5)23(33)12-21(22)26/h7,12-15,17-18,20H,1,8-11H2,2-6H3,(H,36,42)(H,35,37,38). The largest absolute Gasteiger partial charge is 0.494 e. The van der Waals surface area contributed by atoms with Crippen molar-refractivity contribution in [1.29, 1.82) is 5.26 Å². The maximum Gasteiger partial charge on any atom is 0.247 e. The van der Waals surface area contributed by atoms with Crippen molar-refractivity contribution in [2.45, 2.75) is 18.9 Å². The number of carbonyl (C=O) groups is 1. The Morgan fingerprint density at radius 1 is 1.16 bits per heavy atom. The van der Waals surface area contributed by atoms with E-state index in [1.54, 1.807) is 19.2 Å². The summed E-state index contributed by atoms with van der Waals surface area (Å²) in [5, 5.41) is 16.6. The first-order valence-electron chi connectivity index (χ1n) is 14.1. The van der Waals surface area contributed by atoms with Crippen LogP contribution in [0.25, 0.3) is 22.2 Å². The first-order chi connectivity index (χ1) is 21.2. The smallest absolute Gasteiger partial charge is 0.247 e. The Morgan fingerprint density at radius 2 is 1.91 bits per heavy atom. The van der Waals surface area contributed by atoms with Gasteiger partial charge in [0.25, 0.3) is 0 Å². The third kappa shape index (κ3) is 6.14. The van der Waals surface area contributed by atoms with Gasteiger partial charge in [-0.05, 0) is 45.1 Å². The van der Waals surface area contributed by atoms with Crippen molar-refractivity contribution in [3.8, 4) is 28.8 Å². The second-order valence-electron chi connectivity index (χ2n) is 10.9. The highest BCUT2D eigenvalue weighted by Gasteiger charge is 2.28. The number of hydrogen-bond acceptors (Lipinski definition) is 9. The van der Waals surface area contributed by atoms with Crippen LogP contribution in [0.4, 0.5) is 27.4 Å². The normalized spacial score (nSPS) is 12.6. The number of benzene rings is 2. The van der Waals surface area contributed by atoms with Crippen LogP contribution in [0.3, 0.4) is 0 Å². The van der Waals surface area contributed by atoms with Crippen LogP contribution >= 0.6 is 0 Å². The number of carbonyl (C=O) groups excluding carboxylic acids is 1. The zero-order valence-corrected chi connectivity index (χ0v) is 25.4. The molecule has 2 heterocycles. The molecule has 2 aromatic heterocycles. The number of nitrogens with zero attached hydrogens (tertiary/aromatic N) is 6. The summed E-state index contributed by atoms with van der Waals surface area (Å²) in [4.78, 5) is 25.5. The van der Waals surface area contributed by atoms with Crippen LogP contribution in [-0.2, 0) is 4.79 Å². The van der Waals surface area contributed by atoms with Gasteiger partial charge in [0.2, 0.25) is 11.9 Å². The molecule has 2 N–H and O–H groups in total. The molecule has 0 spiro atoms. The van der Waals surface area contributed by atoms with Crippen LogP contribution in [0.5, 0.6) is 11.5 Å². The van der Waals surface area contributed by atoms with Crippen molar-refractivity contribution >= 4 is 39.8 Å². The van der Waals surface area contributed by atoms with E-state index in [0.717, 1.165) is 30.6 Å². The molecule has 0 saturated heterocycles. The predicted octanol–water partition coefficient (Wildman–Crippen LogP) is 5.33. The first-order valence-corrected chi connectivity index (χ1v) is 14.1. The lowest BCUT2D eigenvalue weighted by molar-refractivity contribution is -0.111. The van der Waals surface area contributed by atoms with E-state index in [1.165, 1.54) is 25.4 Å². The van der Waals surface area contributed by atoms with Gasteiger partial charge in [0.15, 0.2) is 11.6 Å². The quantitative estimate of drug-likeness (QED) is 0.209. The number of ether oxygens (including phenoxy) is 2. The molecule has 0 aliphatic heterocycles. The fraction of sp³-hybridized carbons (Fsp3) is 0.312. The molecule has 5 rings (SSSR count). The summed E-state index contributed by atoms with van der Waals surface area (Å²) in [5.41, 5.74) is 3.78. The molecule has 1 fully saturated rings. The van der Waals surface area contributed by atoms with Gasteiger partial charge >= 0.3 is 0 Å². The molecule has 12 heteroatoms. The van der Waals surface area contributed by atoms with Gasteiger partial charge in [-0.2, -0.15) is 5.26 Å². The van der Waals surface area contributed by atoms with E-state index < -0.39 is 5.82 Å². The number of likely N-dealkylation sites (N-methyl/N-ethyl adjacent to an activating group) is 2. The minimum atomic E-state index is -0.504. The monoisotopic (exact) mass is 598 g/mol. The van der Waals surface area contributed by atoms with Crippen molar-refractivity contribution in [1.82, 2.24) is 19.4 Å². The lowest BCUT2D eigenvalue weighted by atomic mass is 10.1. The number of methoxy groups -OCH3 is 2. The molecule has 0 unspecified atom stereocenters. The van der Waals surface area contributed by atoms with Gasteiger partial charge < -0.3 is 34.5 Å². The molecule has 1 amide bonds. The molecule has 1 saturated carbocycles. The third-order valence-electron chi connectivity index (χ3n) is 7.51. The average molecular weight is 599 g/mol. The third-order valence-corrected chi connectivity index (χ3v) is 7.51. The van der Waals surface area contributed by atoms with Crippen LogP contribution in [0.15, 0.2) is 49.3 Å². The summed E-state index contributed by atoms with van der Waals surface area (Å²) < 4.78 is 27.9. The minimum Gasteiger partial charge on any atom is -0.494 e. The summed E-state index contributed by atoms with van der Waals surface area (Å²) in [6, 6.07) is 9.11. The Kier molecular flexibility index (Phi) is 8.69. The summed E-state index contributed by atoms with van der Waals surface area (Å²) >= 11 is 0. The number of halogens is 1. The molecular weight excluding hydrogens is 563 g/mol. The van der Waals surface area contributed by atoms with E-state index in [1.807, 2.05) is 38.3 Å². The Morgan fingerprint density at radius 3 is 2.55 bits per heavy atom. The minimum absolute atomic E-state index is 0.150. The van der Waals surface area contributed by atoms with Crippen LogP contribution in [0.2, 0.25) is 0 Å². The number of fused-ring (bicyclic) bond motifs is 1. The molecule has 44 heavy (non-hydrogen) atoms. The molecule has 4 aromatic rings. The van der Waals surface area contributed by atoms with E-state index in [0.29, 0.717) is 40.3 Å².